The molecule has 3 rings (SSSR count). The minimum absolute atomic E-state index is 0.0903. The first-order chi connectivity index (χ1) is 12.5. The van der Waals surface area contributed by atoms with Gasteiger partial charge in [0.15, 0.2) is 0 Å². The van der Waals surface area contributed by atoms with Gasteiger partial charge in [0, 0.05) is 24.0 Å². The molecule has 0 fully saturated rings. The number of methoxy groups -OCH3 is 1. The summed E-state index contributed by atoms with van der Waals surface area (Å²) >= 11 is 0. The lowest BCUT2D eigenvalue weighted by Crippen LogP contribution is -2.12. The Labute approximate surface area is 148 Å². The van der Waals surface area contributed by atoms with Crippen LogP contribution in [-0.4, -0.2) is 18.0 Å². The standard InChI is InChI=1S/C19H15F2N3O2/c1-26-15-4-2-3-14(10-15)23-19(25)12-5-8-18(22-11-12)24-17-7-6-13(20)9-16(17)21/h2-11H,1H3,(H,22,24)(H,23,25). The molecule has 1 heterocycles. The van der Waals surface area contributed by atoms with Crippen LogP contribution in [0.25, 0.3) is 0 Å². The SMILES string of the molecule is COc1cccc(NC(=O)c2ccc(Nc3ccc(F)cc3F)nc2)c1. The smallest absolute Gasteiger partial charge is 0.257 e. The van der Waals surface area contributed by atoms with Crippen LogP contribution in [0.1, 0.15) is 10.4 Å². The second-order valence-electron chi connectivity index (χ2n) is 5.37. The number of carbonyl (C=O) groups excluding carboxylic acids is 1. The zero-order valence-electron chi connectivity index (χ0n) is 13.8. The summed E-state index contributed by atoms with van der Waals surface area (Å²) < 4.78 is 31.7. The van der Waals surface area contributed by atoms with Crippen molar-refractivity contribution >= 4 is 23.1 Å². The second-order valence-corrected chi connectivity index (χ2v) is 5.37. The number of aromatic nitrogens is 1. The summed E-state index contributed by atoms with van der Waals surface area (Å²) in [5.41, 5.74) is 1.01. The highest BCUT2D eigenvalue weighted by Crippen LogP contribution is 2.20. The van der Waals surface area contributed by atoms with Gasteiger partial charge in [-0.05, 0) is 36.4 Å². The van der Waals surface area contributed by atoms with Crippen molar-refractivity contribution in [2.24, 2.45) is 0 Å². The van der Waals surface area contributed by atoms with Crippen LogP contribution < -0.4 is 15.4 Å². The Morgan fingerprint density at radius 3 is 2.62 bits per heavy atom. The minimum atomic E-state index is -0.730. The summed E-state index contributed by atoms with van der Waals surface area (Å²) in [4.78, 5) is 16.3. The average molecular weight is 355 g/mol. The van der Waals surface area contributed by atoms with Gasteiger partial charge in [0.1, 0.15) is 23.2 Å². The molecule has 2 aromatic carbocycles. The highest BCUT2D eigenvalue weighted by atomic mass is 19.1. The third-order valence-electron chi connectivity index (χ3n) is 3.55. The van der Waals surface area contributed by atoms with Crippen LogP contribution in [0.3, 0.4) is 0 Å². The molecule has 0 aliphatic carbocycles. The van der Waals surface area contributed by atoms with Crippen molar-refractivity contribution in [1.29, 1.82) is 0 Å². The number of nitrogens with zero attached hydrogens (tertiary/aromatic N) is 1. The van der Waals surface area contributed by atoms with E-state index in [1.54, 1.807) is 37.4 Å². The van der Waals surface area contributed by atoms with Gasteiger partial charge in [-0.2, -0.15) is 0 Å². The van der Waals surface area contributed by atoms with Gasteiger partial charge in [-0.1, -0.05) is 6.07 Å². The van der Waals surface area contributed by atoms with Crippen LogP contribution in [0.15, 0.2) is 60.8 Å². The van der Waals surface area contributed by atoms with Crippen LogP contribution in [0.5, 0.6) is 5.75 Å². The molecule has 0 atom stereocenters. The van der Waals surface area contributed by atoms with Crippen LogP contribution in [-0.2, 0) is 0 Å². The highest BCUT2D eigenvalue weighted by Gasteiger charge is 2.09. The maximum Gasteiger partial charge on any atom is 0.257 e. The van der Waals surface area contributed by atoms with Gasteiger partial charge >= 0.3 is 0 Å². The molecule has 0 unspecified atom stereocenters. The Bertz CT molecular complexity index is 930. The summed E-state index contributed by atoms with van der Waals surface area (Å²) in [6, 6.07) is 13.2. The monoisotopic (exact) mass is 355 g/mol. The molecule has 5 nitrogen and oxygen atoms in total. The van der Waals surface area contributed by atoms with Crippen LogP contribution in [0.2, 0.25) is 0 Å². The molecular formula is C19H15F2N3O2. The number of amides is 1. The number of benzene rings is 2. The van der Waals surface area contributed by atoms with E-state index in [1.807, 2.05) is 0 Å². The average Bonchev–Trinajstić information content (AvgIpc) is 2.64. The van der Waals surface area contributed by atoms with Crippen molar-refractivity contribution in [3.8, 4) is 5.75 Å². The van der Waals surface area contributed by atoms with Gasteiger partial charge in [0.2, 0.25) is 0 Å². The molecular weight excluding hydrogens is 340 g/mol. The first kappa shape index (κ1) is 17.3. The fourth-order valence-electron chi connectivity index (χ4n) is 2.24. The highest BCUT2D eigenvalue weighted by molar-refractivity contribution is 6.04. The molecule has 0 bridgehead atoms. The van der Waals surface area contributed by atoms with E-state index in [4.69, 9.17) is 4.74 Å². The molecule has 0 spiro atoms. The zero-order valence-corrected chi connectivity index (χ0v) is 13.8. The number of pyridine rings is 1. The molecule has 0 aliphatic rings. The van der Waals surface area contributed by atoms with E-state index >= 15 is 0 Å². The molecule has 1 amide bonds. The van der Waals surface area contributed by atoms with Crippen LogP contribution >= 0.6 is 0 Å². The predicted molar refractivity (Wildman–Crippen MR) is 94.8 cm³/mol. The summed E-state index contributed by atoms with van der Waals surface area (Å²) in [5.74, 6) is -0.780. The van der Waals surface area contributed by atoms with Crippen molar-refractivity contribution in [2.75, 3.05) is 17.7 Å². The molecule has 1 aromatic heterocycles. The maximum absolute atomic E-state index is 13.6. The molecule has 0 saturated carbocycles. The Morgan fingerprint density at radius 1 is 1.08 bits per heavy atom. The topological polar surface area (TPSA) is 63.2 Å². The summed E-state index contributed by atoms with van der Waals surface area (Å²) in [7, 11) is 1.54. The molecule has 0 saturated heterocycles. The third-order valence-corrected chi connectivity index (χ3v) is 3.55. The van der Waals surface area contributed by atoms with E-state index in [9.17, 15) is 13.6 Å². The Morgan fingerprint density at radius 2 is 1.92 bits per heavy atom. The number of nitrogens with one attached hydrogen (secondary N) is 2. The third kappa shape index (κ3) is 4.13. The van der Waals surface area contributed by atoms with E-state index in [0.29, 0.717) is 22.8 Å². The first-order valence-corrected chi connectivity index (χ1v) is 7.69. The Hall–Kier alpha value is -3.48. The lowest BCUT2D eigenvalue weighted by atomic mass is 10.2. The van der Waals surface area contributed by atoms with E-state index in [1.165, 1.54) is 18.3 Å². The van der Waals surface area contributed by atoms with Crippen molar-refractivity contribution in [2.45, 2.75) is 0 Å². The van der Waals surface area contributed by atoms with E-state index in [2.05, 4.69) is 15.6 Å². The van der Waals surface area contributed by atoms with Crippen molar-refractivity contribution in [1.82, 2.24) is 4.98 Å². The number of anilines is 3. The fourth-order valence-corrected chi connectivity index (χ4v) is 2.24. The van der Waals surface area contributed by atoms with Crippen LogP contribution in [0, 0.1) is 11.6 Å². The molecule has 26 heavy (non-hydrogen) atoms. The van der Waals surface area contributed by atoms with E-state index in [-0.39, 0.29) is 11.6 Å². The molecule has 132 valence electrons. The van der Waals surface area contributed by atoms with Gasteiger partial charge < -0.3 is 15.4 Å². The number of ether oxygens (including phenoxy) is 1. The normalized spacial score (nSPS) is 10.3. The number of halogens is 2. The Balaban J connectivity index is 1.69. The largest absolute Gasteiger partial charge is 0.497 e. The fraction of sp³-hybridized carbons (Fsp3) is 0.0526. The Kier molecular flexibility index (Phi) is 5.07. The number of hydrogen-bond acceptors (Lipinski definition) is 4. The number of carbonyl (C=O) groups is 1. The first-order valence-electron chi connectivity index (χ1n) is 7.69. The number of rotatable bonds is 5. The van der Waals surface area contributed by atoms with Crippen LogP contribution in [0.4, 0.5) is 26.0 Å². The summed E-state index contributed by atoms with van der Waals surface area (Å²) in [5, 5.41) is 5.47. The van der Waals surface area contributed by atoms with Gasteiger partial charge in [-0.3, -0.25) is 4.79 Å². The molecule has 0 radical (unpaired) electrons. The van der Waals surface area contributed by atoms with Gasteiger partial charge in [-0.15, -0.1) is 0 Å². The molecule has 0 aliphatic heterocycles. The molecule has 7 heteroatoms. The van der Waals surface area contributed by atoms with Gasteiger partial charge in [-0.25, -0.2) is 13.8 Å². The zero-order chi connectivity index (χ0) is 18.5. The van der Waals surface area contributed by atoms with E-state index in [0.717, 1.165) is 12.1 Å². The lowest BCUT2D eigenvalue weighted by Gasteiger charge is -2.09. The minimum Gasteiger partial charge on any atom is -0.497 e. The molecule has 3 aromatic rings. The maximum atomic E-state index is 13.6. The van der Waals surface area contributed by atoms with E-state index < -0.39 is 11.6 Å². The molecule has 2 N–H and O–H groups in total. The number of hydrogen-bond donors (Lipinski definition) is 2. The summed E-state index contributed by atoms with van der Waals surface area (Å²) in [6.07, 6.45) is 1.36. The van der Waals surface area contributed by atoms with Crippen molar-refractivity contribution in [3.63, 3.8) is 0 Å². The van der Waals surface area contributed by atoms with Gasteiger partial charge in [0.05, 0.1) is 18.4 Å². The predicted octanol–water partition coefficient (Wildman–Crippen LogP) is 4.36. The summed E-state index contributed by atoms with van der Waals surface area (Å²) in [6.45, 7) is 0. The van der Waals surface area contributed by atoms with Crippen molar-refractivity contribution in [3.05, 3.63) is 78.0 Å². The van der Waals surface area contributed by atoms with Gasteiger partial charge in [0.25, 0.3) is 5.91 Å². The quantitative estimate of drug-likeness (QED) is 0.714. The van der Waals surface area contributed by atoms with Crippen molar-refractivity contribution < 1.29 is 18.3 Å². The lowest BCUT2D eigenvalue weighted by molar-refractivity contribution is 0.102. The second kappa shape index (κ2) is 7.60.